The highest BCUT2D eigenvalue weighted by atomic mass is 35.5. The Morgan fingerprint density at radius 2 is 2.00 bits per heavy atom. The van der Waals surface area contributed by atoms with Gasteiger partial charge in [0.15, 0.2) is 0 Å². The van der Waals surface area contributed by atoms with Gasteiger partial charge in [-0.05, 0) is 42.8 Å². The Morgan fingerprint density at radius 3 is 2.65 bits per heavy atom. The molecule has 0 saturated carbocycles. The van der Waals surface area contributed by atoms with Gasteiger partial charge >= 0.3 is 0 Å². The molecule has 1 aromatic carbocycles. The molecule has 1 aromatic heterocycles. The van der Waals surface area contributed by atoms with E-state index in [0.29, 0.717) is 17.4 Å². The number of pyridine rings is 1. The predicted octanol–water partition coefficient (Wildman–Crippen LogP) is 3.04. The third-order valence-corrected chi connectivity index (χ3v) is 4.05. The molecule has 1 aliphatic heterocycles. The number of aromatic nitrogens is 1. The molecular formula is C17H16ClN3O2. The van der Waals surface area contributed by atoms with E-state index in [9.17, 15) is 9.59 Å². The quantitative estimate of drug-likeness (QED) is 0.941. The molecule has 0 bridgehead atoms. The first-order valence-electron chi connectivity index (χ1n) is 7.32. The predicted molar refractivity (Wildman–Crippen MR) is 89.5 cm³/mol. The lowest BCUT2D eigenvalue weighted by Crippen LogP contribution is -2.28. The molecule has 0 spiro atoms. The van der Waals surface area contributed by atoms with Gasteiger partial charge in [-0.15, -0.1) is 0 Å². The van der Waals surface area contributed by atoms with Crippen LogP contribution in [0.5, 0.6) is 0 Å². The van der Waals surface area contributed by atoms with Gasteiger partial charge in [0.1, 0.15) is 5.82 Å². The summed E-state index contributed by atoms with van der Waals surface area (Å²) in [5.74, 6) is -0.144. The van der Waals surface area contributed by atoms with Crippen LogP contribution in [0.3, 0.4) is 0 Å². The van der Waals surface area contributed by atoms with Gasteiger partial charge in [-0.2, -0.15) is 0 Å². The van der Waals surface area contributed by atoms with E-state index in [2.05, 4.69) is 10.3 Å². The topological polar surface area (TPSA) is 62.3 Å². The van der Waals surface area contributed by atoms with Crippen LogP contribution in [0.2, 0.25) is 5.02 Å². The first-order chi connectivity index (χ1) is 11.0. The Hall–Kier alpha value is -2.40. The van der Waals surface area contributed by atoms with Crippen LogP contribution in [0.15, 0.2) is 42.6 Å². The average molecular weight is 330 g/mol. The van der Waals surface area contributed by atoms with Crippen molar-refractivity contribution < 1.29 is 9.59 Å². The van der Waals surface area contributed by atoms with Gasteiger partial charge < -0.3 is 10.2 Å². The summed E-state index contributed by atoms with van der Waals surface area (Å²) in [6.45, 7) is 2.29. The van der Waals surface area contributed by atoms with Crippen LogP contribution in [0.25, 0.3) is 0 Å². The number of carbonyl (C=O) groups excluding carboxylic acids is 2. The van der Waals surface area contributed by atoms with E-state index < -0.39 is 0 Å². The van der Waals surface area contributed by atoms with E-state index in [1.54, 1.807) is 41.4 Å². The molecule has 1 aliphatic rings. The second-order valence-electron chi connectivity index (χ2n) is 5.59. The van der Waals surface area contributed by atoms with Crippen molar-refractivity contribution in [3.8, 4) is 0 Å². The minimum Gasteiger partial charge on any atom is -0.312 e. The lowest BCUT2D eigenvalue weighted by atomic mass is 10.1. The second kappa shape index (κ2) is 6.38. The van der Waals surface area contributed by atoms with E-state index in [4.69, 9.17) is 11.6 Å². The largest absolute Gasteiger partial charge is 0.312 e. The number of aryl methyl sites for hydroxylation is 1. The average Bonchev–Trinajstić information content (AvgIpc) is 2.92. The van der Waals surface area contributed by atoms with Crippen LogP contribution < -0.4 is 10.2 Å². The van der Waals surface area contributed by atoms with Gasteiger partial charge in [-0.1, -0.05) is 17.7 Å². The second-order valence-corrected chi connectivity index (χ2v) is 6.03. The zero-order valence-corrected chi connectivity index (χ0v) is 13.4. The highest BCUT2D eigenvalue weighted by Gasteiger charge is 2.35. The molecule has 0 radical (unpaired) electrons. The standard InChI is InChI=1S/C17H16ClN3O2/c1-11-2-7-15(19-9-11)20-17(23)12-8-16(22)21(10-12)14-5-3-13(18)4-6-14/h2-7,9,12H,8,10H2,1H3,(H,19,20,23). The smallest absolute Gasteiger partial charge is 0.230 e. The van der Waals surface area contributed by atoms with Crippen molar-refractivity contribution in [1.29, 1.82) is 0 Å². The van der Waals surface area contributed by atoms with Gasteiger partial charge in [-0.3, -0.25) is 9.59 Å². The third-order valence-electron chi connectivity index (χ3n) is 3.80. The minimum atomic E-state index is -0.388. The fraction of sp³-hybridized carbons (Fsp3) is 0.235. The number of benzene rings is 1. The number of anilines is 2. The lowest BCUT2D eigenvalue weighted by Gasteiger charge is -2.16. The third kappa shape index (κ3) is 3.51. The Morgan fingerprint density at radius 1 is 1.26 bits per heavy atom. The molecule has 118 valence electrons. The number of rotatable bonds is 3. The molecule has 2 aromatic rings. The lowest BCUT2D eigenvalue weighted by molar-refractivity contribution is -0.122. The minimum absolute atomic E-state index is 0.0654. The van der Waals surface area contributed by atoms with E-state index in [1.165, 1.54) is 0 Å². The molecule has 5 nitrogen and oxygen atoms in total. The van der Waals surface area contributed by atoms with Crippen LogP contribution in [0.1, 0.15) is 12.0 Å². The summed E-state index contributed by atoms with van der Waals surface area (Å²) in [5, 5.41) is 3.37. The van der Waals surface area contributed by atoms with Crippen molar-refractivity contribution in [3.63, 3.8) is 0 Å². The Kier molecular flexibility index (Phi) is 4.30. The zero-order chi connectivity index (χ0) is 16.4. The maximum atomic E-state index is 12.3. The Bertz CT molecular complexity index is 729. The summed E-state index contributed by atoms with van der Waals surface area (Å²) in [5.41, 5.74) is 1.77. The summed E-state index contributed by atoms with van der Waals surface area (Å²) in [4.78, 5) is 30.3. The molecule has 2 amide bonds. The van der Waals surface area contributed by atoms with Crippen molar-refractivity contribution in [1.82, 2.24) is 4.98 Å². The summed E-state index contributed by atoms with van der Waals surface area (Å²) in [6, 6.07) is 10.6. The summed E-state index contributed by atoms with van der Waals surface area (Å²) >= 11 is 5.86. The fourth-order valence-electron chi connectivity index (χ4n) is 2.52. The number of nitrogens with zero attached hydrogens (tertiary/aromatic N) is 2. The van der Waals surface area contributed by atoms with E-state index in [-0.39, 0.29) is 24.2 Å². The fourth-order valence-corrected chi connectivity index (χ4v) is 2.65. The number of carbonyl (C=O) groups is 2. The van der Waals surface area contributed by atoms with Crippen molar-refractivity contribution in [2.45, 2.75) is 13.3 Å². The molecule has 3 rings (SSSR count). The van der Waals surface area contributed by atoms with Crippen LogP contribution >= 0.6 is 11.6 Å². The number of halogens is 1. The van der Waals surface area contributed by atoms with Crippen LogP contribution in [-0.2, 0) is 9.59 Å². The summed E-state index contributed by atoms with van der Waals surface area (Å²) in [7, 11) is 0. The highest BCUT2D eigenvalue weighted by Crippen LogP contribution is 2.27. The first-order valence-corrected chi connectivity index (χ1v) is 7.70. The molecule has 1 saturated heterocycles. The van der Waals surface area contributed by atoms with E-state index in [0.717, 1.165) is 11.3 Å². The molecule has 1 atom stereocenters. The Labute approximate surface area is 139 Å². The number of hydrogen-bond acceptors (Lipinski definition) is 3. The first kappa shape index (κ1) is 15.5. The monoisotopic (exact) mass is 329 g/mol. The number of nitrogens with one attached hydrogen (secondary N) is 1. The van der Waals surface area contributed by atoms with Gasteiger partial charge in [0, 0.05) is 29.9 Å². The van der Waals surface area contributed by atoms with Crippen LogP contribution in [-0.4, -0.2) is 23.3 Å². The maximum Gasteiger partial charge on any atom is 0.230 e. The molecular weight excluding hydrogens is 314 g/mol. The van der Waals surface area contributed by atoms with Crippen molar-refractivity contribution in [2.24, 2.45) is 5.92 Å². The highest BCUT2D eigenvalue weighted by molar-refractivity contribution is 6.30. The zero-order valence-electron chi connectivity index (χ0n) is 12.6. The summed E-state index contributed by atoms with van der Waals surface area (Å²) < 4.78 is 0. The van der Waals surface area contributed by atoms with Gasteiger partial charge in [0.25, 0.3) is 0 Å². The van der Waals surface area contributed by atoms with Crippen LogP contribution in [0.4, 0.5) is 11.5 Å². The van der Waals surface area contributed by atoms with Crippen molar-refractivity contribution in [2.75, 3.05) is 16.8 Å². The molecule has 1 fully saturated rings. The molecule has 6 heteroatoms. The van der Waals surface area contributed by atoms with Crippen molar-refractivity contribution in [3.05, 3.63) is 53.2 Å². The van der Waals surface area contributed by atoms with Gasteiger partial charge in [0.05, 0.1) is 5.92 Å². The molecule has 23 heavy (non-hydrogen) atoms. The van der Waals surface area contributed by atoms with Gasteiger partial charge in [0.2, 0.25) is 11.8 Å². The summed E-state index contributed by atoms with van der Waals surface area (Å²) in [6.07, 6.45) is 1.88. The molecule has 0 aliphatic carbocycles. The van der Waals surface area contributed by atoms with Gasteiger partial charge in [-0.25, -0.2) is 4.98 Å². The van der Waals surface area contributed by atoms with Crippen molar-refractivity contribution >= 4 is 34.9 Å². The number of amides is 2. The Balaban J connectivity index is 1.68. The molecule has 1 unspecified atom stereocenters. The molecule has 1 N–H and O–H groups in total. The van der Waals surface area contributed by atoms with E-state index in [1.807, 2.05) is 13.0 Å². The normalized spacial score (nSPS) is 17.4. The van der Waals surface area contributed by atoms with E-state index >= 15 is 0 Å². The maximum absolute atomic E-state index is 12.3. The molecule has 2 heterocycles. The number of hydrogen-bond donors (Lipinski definition) is 1. The van der Waals surface area contributed by atoms with Crippen LogP contribution in [0, 0.1) is 12.8 Å². The SMILES string of the molecule is Cc1ccc(NC(=O)C2CC(=O)N(c3ccc(Cl)cc3)C2)nc1.